The molecule has 2 atom stereocenters. The Morgan fingerprint density at radius 1 is 1.24 bits per heavy atom. The van der Waals surface area contributed by atoms with Crippen LogP contribution in [0.5, 0.6) is 5.75 Å². The molecule has 2 aliphatic heterocycles. The third kappa shape index (κ3) is 5.35. The van der Waals surface area contributed by atoms with E-state index in [1.54, 1.807) is 24.1 Å². The van der Waals surface area contributed by atoms with Gasteiger partial charge in [0.2, 0.25) is 5.91 Å². The maximum absolute atomic E-state index is 14.4. The third-order valence-corrected chi connectivity index (χ3v) is 7.46. The molecule has 3 aliphatic rings. The number of hydrogen-bond acceptors (Lipinski definition) is 7. The number of hydrogen-bond donors (Lipinski definition) is 0. The van der Waals surface area contributed by atoms with Gasteiger partial charge in [0.15, 0.2) is 5.82 Å². The molecule has 1 aromatic carbocycles. The summed E-state index contributed by atoms with van der Waals surface area (Å²) in [7, 11) is 1.62. The van der Waals surface area contributed by atoms with Crippen LogP contribution in [0.2, 0.25) is 0 Å². The van der Waals surface area contributed by atoms with Crippen molar-refractivity contribution in [3.05, 3.63) is 35.4 Å². The van der Waals surface area contributed by atoms with E-state index in [2.05, 4.69) is 15.0 Å². The summed E-state index contributed by atoms with van der Waals surface area (Å²) in [5, 5.41) is 3.95. The minimum Gasteiger partial charge on any atom is -0.493 e. The Balaban J connectivity index is 1.01. The van der Waals surface area contributed by atoms with Gasteiger partial charge in [-0.2, -0.15) is 4.98 Å². The van der Waals surface area contributed by atoms with Gasteiger partial charge < -0.3 is 23.8 Å². The van der Waals surface area contributed by atoms with Gasteiger partial charge in [0.25, 0.3) is 0 Å². The Bertz CT molecular complexity index is 987. The molecule has 2 aromatic rings. The molecule has 1 aromatic heterocycles. The monoisotopic (exact) mass is 472 g/mol. The number of amides is 1. The molecule has 1 aliphatic carbocycles. The van der Waals surface area contributed by atoms with Crippen molar-refractivity contribution in [2.45, 2.75) is 45.1 Å². The van der Waals surface area contributed by atoms with Crippen LogP contribution in [0.4, 0.5) is 10.4 Å². The second-order valence-corrected chi connectivity index (χ2v) is 9.71. The molecule has 34 heavy (non-hydrogen) atoms. The van der Waals surface area contributed by atoms with Crippen LogP contribution in [0.1, 0.15) is 43.5 Å². The SMILES string of the molecule is COCc1noc(N2CCC(C3CC3CCOc3ccc(CC(=O)N4CCC4)c(F)c3)CC2)n1. The highest BCUT2D eigenvalue weighted by molar-refractivity contribution is 5.79. The fraction of sp³-hybridized carbons (Fsp3) is 0.640. The molecule has 1 amide bonds. The van der Waals surface area contributed by atoms with Crippen molar-refractivity contribution in [3.8, 4) is 5.75 Å². The smallest absolute Gasteiger partial charge is 0.324 e. The van der Waals surface area contributed by atoms with Crippen LogP contribution >= 0.6 is 0 Å². The highest BCUT2D eigenvalue weighted by Crippen LogP contribution is 2.50. The lowest BCUT2D eigenvalue weighted by Crippen LogP contribution is -2.42. The molecule has 8 nitrogen and oxygen atoms in total. The molecular formula is C25H33FN4O4. The molecular weight excluding hydrogens is 439 g/mol. The van der Waals surface area contributed by atoms with E-state index < -0.39 is 0 Å². The van der Waals surface area contributed by atoms with Crippen LogP contribution in [0, 0.1) is 23.6 Å². The average molecular weight is 473 g/mol. The van der Waals surface area contributed by atoms with E-state index in [0.717, 1.165) is 63.7 Å². The van der Waals surface area contributed by atoms with Crippen LogP contribution in [-0.4, -0.2) is 60.8 Å². The van der Waals surface area contributed by atoms with Crippen LogP contribution in [-0.2, 0) is 22.6 Å². The third-order valence-electron chi connectivity index (χ3n) is 7.46. The molecule has 2 unspecified atom stereocenters. The molecule has 5 rings (SSSR count). The van der Waals surface area contributed by atoms with Crippen molar-refractivity contribution in [3.63, 3.8) is 0 Å². The van der Waals surface area contributed by atoms with Crippen LogP contribution in [0.15, 0.2) is 22.7 Å². The number of likely N-dealkylation sites (tertiary alicyclic amines) is 1. The minimum atomic E-state index is -0.363. The predicted molar refractivity (Wildman–Crippen MR) is 123 cm³/mol. The fourth-order valence-corrected chi connectivity index (χ4v) is 5.19. The van der Waals surface area contributed by atoms with E-state index in [0.29, 0.717) is 42.3 Å². The lowest BCUT2D eigenvalue weighted by Gasteiger charge is -2.31. The first kappa shape index (κ1) is 23.1. The van der Waals surface area contributed by atoms with E-state index in [9.17, 15) is 9.18 Å². The van der Waals surface area contributed by atoms with Crippen molar-refractivity contribution >= 4 is 11.9 Å². The van der Waals surface area contributed by atoms with Crippen LogP contribution < -0.4 is 9.64 Å². The fourth-order valence-electron chi connectivity index (χ4n) is 5.19. The number of halogens is 1. The summed E-state index contributed by atoms with van der Waals surface area (Å²) in [5.41, 5.74) is 0.438. The number of methoxy groups -OCH3 is 1. The minimum absolute atomic E-state index is 0.00244. The second kappa shape index (κ2) is 10.3. The van der Waals surface area contributed by atoms with E-state index in [-0.39, 0.29) is 18.1 Å². The van der Waals surface area contributed by atoms with E-state index >= 15 is 0 Å². The first-order valence-corrected chi connectivity index (χ1v) is 12.4. The van der Waals surface area contributed by atoms with E-state index in [4.69, 9.17) is 14.0 Å². The molecule has 9 heteroatoms. The van der Waals surface area contributed by atoms with Gasteiger partial charge in [-0.3, -0.25) is 4.79 Å². The van der Waals surface area contributed by atoms with Crippen LogP contribution in [0.3, 0.4) is 0 Å². The summed E-state index contributed by atoms with van der Waals surface area (Å²) < 4.78 is 30.7. The molecule has 2 saturated heterocycles. The van der Waals surface area contributed by atoms with Gasteiger partial charge >= 0.3 is 6.01 Å². The number of nitrogens with zero attached hydrogens (tertiary/aromatic N) is 4. The van der Waals surface area contributed by atoms with Crippen molar-refractivity contribution in [1.29, 1.82) is 0 Å². The zero-order valence-corrected chi connectivity index (χ0v) is 19.7. The highest BCUT2D eigenvalue weighted by Gasteiger charge is 2.43. The molecule has 0 N–H and O–H groups in total. The molecule has 184 valence electrons. The Labute approximate surface area is 199 Å². The van der Waals surface area contributed by atoms with Gasteiger partial charge in [0, 0.05) is 39.4 Å². The summed E-state index contributed by atoms with van der Waals surface area (Å²) in [4.78, 5) is 20.4. The standard InChI is InChI=1S/C25H33FN4O4/c1-32-16-23-27-25(34-28-23)30-10-5-17(6-11-30)21-13-18(21)7-12-33-20-4-3-19(22(26)15-20)14-24(31)29-8-2-9-29/h3-4,15,17-18,21H,2,5-14,16H2,1H3. The maximum atomic E-state index is 14.4. The topological polar surface area (TPSA) is 80.9 Å². The number of carbonyl (C=O) groups excluding carboxylic acids is 1. The Kier molecular flexibility index (Phi) is 6.99. The zero-order valence-electron chi connectivity index (χ0n) is 19.7. The molecule has 0 spiro atoms. The summed E-state index contributed by atoms with van der Waals surface area (Å²) in [6.07, 6.45) is 5.66. The molecule has 0 radical (unpaired) electrons. The highest BCUT2D eigenvalue weighted by atomic mass is 19.1. The van der Waals surface area contributed by atoms with Gasteiger partial charge in [0.1, 0.15) is 18.2 Å². The summed E-state index contributed by atoms with van der Waals surface area (Å²) >= 11 is 0. The van der Waals surface area contributed by atoms with Crippen LogP contribution in [0.25, 0.3) is 0 Å². The molecule has 3 fully saturated rings. The quantitative estimate of drug-likeness (QED) is 0.524. The Morgan fingerprint density at radius 3 is 2.76 bits per heavy atom. The number of aromatic nitrogens is 2. The summed E-state index contributed by atoms with van der Waals surface area (Å²) in [6.45, 7) is 4.40. The maximum Gasteiger partial charge on any atom is 0.324 e. The largest absolute Gasteiger partial charge is 0.493 e. The number of piperidine rings is 1. The lowest BCUT2D eigenvalue weighted by atomic mass is 9.90. The zero-order chi connectivity index (χ0) is 23.5. The van der Waals surface area contributed by atoms with Gasteiger partial charge in [-0.25, -0.2) is 4.39 Å². The first-order valence-electron chi connectivity index (χ1n) is 12.4. The van der Waals surface area contributed by atoms with Crippen molar-refractivity contribution in [2.75, 3.05) is 44.8 Å². The Hall–Kier alpha value is -2.68. The van der Waals surface area contributed by atoms with Gasteiger partial charge in [0.05, 0.1) is 13.0 Å². The summed E-state index contributed by atoms with van der Waals surface area (Å²) in [5.74, 6) is 2.92. The van der Waals surface area contributed by atoms with Gasteiger partial charge in [-0.1, -0.05) is 11.2 Å². The van der Waals surface area contributed by atoms with Crippen molar-refractivity contribution in [2.24, 2.45) is 17.8 Å². The number of ether oxygens (including phenoxy) is 2. The molecule has 3 heterocycles. The Morgan fingerprint density at radius 2 is 2.06 bits per heavy atom. The number of anilines is 1. The van der Waals surface area contributed by atoms with Gasteiger partial charge in [-0.05, 0) is 61.5 Å². The number of carbonyl (C=O) groups is 1. The van der Waals surface area contributed by atoms with E-state index in [1.165, 1.54) is 12.5 Å². The number of rotatable bonds is 10. The first-order chi connectivity index (χ1) is 16.6. The van der Waals surface area contributed by atoms with Crippen molar-refractivity contribution in [1.82, 2.24) is 15.0 Å². The second-order valence-electron chi connectivity index (χ2n) is 9.71. The predicted octanol–water partition coefficient (Wildman–Crippen LogP) is 3.45. The average Bonchev–Trinajstić information content (AvgIpc) is 3.41. The molecule has 0 bridgehead atoms. The normalized spacial score (nSPS) is 22.5. The lowest BCUT2D eigenvalue weighted by molar-refractivity contribution is -0.133. The summed E-state index contributed by atoms with van der Waals surface area (Å²) in [6, 6.07) is 5.46. The van der Waals surface area contributed by atoms with Crippen molar-refractivity contribution < 1.29 is 23.2 Å². The van der Waals surface area contributed by atoms with Gasteiger partial charge in [-0.15, -0.1) is 0 Å². The van der Waals surface area contributed by atoms with E-state index in [1.807, 2.05) is 0 Å². The number of benzene rings is 1. The molecule has 1 saturated carbocycles.